The van der Waals surface area contributed by atoms with Crippen LogP contribution in [0.3, 0.4) is 0 Å². The van der Waals surface area contributed by atoms with E-state index in [9.17, 15) is 34.2 Å². The first kappa shape index (κ1) is 34.1. The van der Waals surface area contributed by atoms with Crippen LogP contribution in [0, 0.1) is 0 Å². The van der Waals surface area contributed by atoms with E-state index in [1.54, 1.807) is 0 Å². The van der Waals surface area contributed by atoms with Crippen molar-refractivity contribution in [3.05, 3.63) is 12.7 Å². The van der Waals surface area contributed by atoms with E-state index in [0.29, 0.717) is 0 Å². The third-order valence-electron chi connectivity index (χ3n) is 5.84. The van der Waals surface area contributed by atoms with Crippen LogP contribution in [0.4, 0.5) is 0 Å². The minimum atomic E-state index is -1.68. The van der Waals surface area contributed by atoms with Crippen LogP contribution >= 0.6 is 0 Å². The maximum atomic E-state index is 12.1. The van der Waals surface area contributed by atoms with Gasteiger partial charge in [0.1, 0.15) is 37.1 Å². The Labute approximate surface area is 236 Å². The Balaban J connectivity index is 2.58. The van der Waals surface area contributed by atoms with Crippen LogP contribution in [0.15, 0.2) is 12.7 Å². The zero-order valence-corrected chi connectivity index (χ0v) is 23.4. The first-order valence-electron chi connectivity index (χ1n) is 12.7. The van der Waals surface area contributed by atoms with Crippen molar-refractivity contribution in [1.82, 2.24) is 5.32 Å². The lowest BCUT2D eigenvalue weighted by molar-refractivity contribution is -0.346. The number of nitrogens with one attached hydrogen (secondary N) is 1. The molecule has 16 heteroatoms. The Kier molecular flexibility index (Phi) is 13.1. The van der Waals surface area contributed by atoms with Crippen LogP contribution in [0.25, 0.3) is 0 Å². The number of aliphatic hydroxyl groups is 2. The summed E-state index contributed by atoms with van der Waals surface area (Å²) in [6, 6.07) is -1.21. The van der Waals surface area contributed by atoms with Gasteiger partial charge >= 0.3 is 23.9 Å². The van der Waals surface area contributed by atoms with E-state index in [4.69, 9.17) is 37.9 Å². The molecular formula is C25H37NO15. The Hall–Kier alpha value is -3.15. The van der Waals surface area contributed by atoms with Gasteiger partial charge < -0.3 is 53.4 Å². The van der Waals surface area contributed by atoms with Crippen LogP contribution < -0.4 is 5.32 Å². The summed E-state index contributed by atoms with van der Waals surface area (Å²) in [4.78, 5) is 59.7. The molecule has 10 atom stereocenters. The smallest absolute Gasteiger partial charge is 0.303 e. The minimum Gasteiger partial charge on any atom is -0.463 e. The van der Waals surface area contributed by atoms with Crippen molar-refractivity contribution in [3.63, 3.8) is 0 Å². The lowest BCUT2D eigenvalue weighted by atomic mass is 9.95. The number of rotatable bonds is 12. The molecule has 2 saturated heterocycles. The first-order valence-corrected chi connectivity index (χ1v) is 12.7. The van der Waals surface area contributed by atoms with Gasteiger partial charge in [-0.25, -0.2) is 0 Å². The van der Waals surface area contributed by atoms with Crippen molar-refractivity contribution in [2.24, 2.45) is 0 Å². The summed E-state index contributed by atoms with van der Waals surface area (Å²) in [7, 11) is 0. The van der Waals surface area contributed by atoms with Crippen LogP contribution in [0.1, 0.15) is 34.6 Å². The fraction of sp³-hybridized carbons (Fsp3) is 0.720. The SMILES string of the molecule is C=CCO[C@H]1O[C@H](CO)[C@@H](O)[C@H](O[C@@H]2O[C@H](COC(C)=O)[C@H](OC(C)=O)[C@H](OC(C)=O)[C@H]2OC(C)=O)[C@H]1NC(C)=O. The molecule has 2 rings (SSSR count). The predicted molar refractivity (Wildman–Crippen MR) is 132 cm³/mol. The number of aliphatic hydroxyl groups excluding tert-OH is 2. The van der Waals surface area contributed by atoms with Crippen LogP contribution in [0.5, 0.6) is 0 Å². The third kappa shape index (κ3) is 9.72. The second kappa shape index (κ2) is 15.7. The van der Waals surface area contributed by atoms with Crippen LogP contribution in [-0.2, 0) is 61.9 Å². The quantitative estimate of drug-likeness (QED) is 0.130. The average Bonchev–Trinajstić information content (AvgIpc) is 2.86. The fourth-order valence-corrected chi connectivity index (χ4v) is 4.38. The molecule has 0 aromatic carbocycles. The van der Waals surface area contributed by atoms with Gasteiger partial charge in [-0.1, -0.05) is 6.08 Å². The molecule has 0 radical (unpaired) electrons. The van der Waals surface area contributed by atoms with E-state index in [-0.39, 0.29) is 6.61 Å². The zero-order valence-electron chi connectivity index (χ0n) is 23.4. The molecule has 0 aromatic rings. The van der Waals surface area contributed by atoms with E-state index in [2.05, 4.69) is 11.9 Å². The van der Waals surface area contributed by atoms with Gasteiger partial charge in [-0.05, 0) is 0 Å². The highest BCUT2D eigenvalue weighted by atomic mass is 16.7. The summed E-state index contributed by atoms with van der Waals surface area (Å²) in [6.45, 7) is 7.83. The van der Waals surface area contributed by atoms with Gasteiger partial charge in [-0.3, -0.25) is 24.0 Å². The number of carbonyl (C=O) groups is 5. The van der Waals surface area contributed by atoms with E-state index in [1.807, 2.05) is 0 Å². The van der Waals surface area contributed by atoms with E-state index in [1.165, 1.54) is 13.0 Å². The summed E-state index contributed by atoms with van der Waals surface area (Å²) < 4.78 is 44.4. The number of carbonyl (C=O) groups excluding carboxylic acids is 5. The Morgan fingerprint density at radius 2 is 1.37 bits per heavy atom. The Bertz CT molecular complexity index is 957. The normalized spacial score (nSPS) is 33.1. The average molecular weight is 592 g/mol. The van der Waals surface area contributed by atoms with Gasteiger partial charge in [0.15, 0.2) is 30.9 Å². The van der Waals surface area contributed by atoms with Gasteiger partial charge in [-0.15, -0.1) is 6.58 Å². The van der Waals surface area contributed by atoms with Gasteiger partial charge in [-0.2, -0.15) is 0 Å². The molecule has 0 saturated carbocycles. The van der Waals surface area contributed by atoms with Gasteiger partial charge in [0.25, 0.3) is 0 Å². The number of amides is 1. The Morgan fingerprint density at radius 3 is 1.88 bits per heavy atom. The highest BCUT2D eigenvalue weighted by Gasteiger charge is 2.56. The predicted octanol–water partition coefficient (Wildman–Crippen LogP) is -1.76. The molecular weight excluding hydrogens is 554 g/mol. The van der Waals surface area contributed by atoms with E-state index >= 15 is 0 Å². The molecule has 1 amide bonds. The minimum absolute atomic E-state index is 0.0409. The standard InChI is InChI=1S/C25H37NO15/c1-7-8-34-24-18(26-11(2)28)21(19(33)16(9-27)39-24)41-25-23(38-15(6)32)22(37-14(5)31)20(36-13(4)30)17(40-25)10-35-12(3)29/h7,16-25,27,33H,1,8-10H2,2-6H3,(H,26,28)/t16-,17-,18-,19-,20+,21-,22+,23-,24+,25+/m1/s1. The van der Waals surface area contributed by atoms with Crippen molar-refractivity contribution < 1.29 is 72.1 Å². The highest BCUT2D eigenvalue weighted by Crippen LogP contribution is 2.33. The van der Waals surface area contributed by atoms with Gasteiger partial charge in [0, 0.05) is 34.6 Å². The molecule has 2 aliphatic heterocycles. The first-order chi connectivity index (χ1) is 19.3. The van der Waals surface area contributed by atoms with Crippen LogP contribution in [-0.4, -0.2) is 121 Å². The lowest BCUT2D eigenvalue weighted by Gasteiger charge is -2.48. The topological polar surface area (TPSA) is 212 Å². The van der Waals surface area contributed by atoms with Gasteiger partial charge in [0.2, 0.25) is 5.91 Å². The molecule has 0 bridgehead atoms. The Morgan fingerprint density at radius 1 is 0.805 bits per heavy atom. The molecule has 16 nitrogen and oxygen atoms in total. The molecule has 2 aliphatic rings. The summed E-state index contributed by atoms with van der Waals surface area (Å²) in [5.74, 6) is -3.80. The summed E-state index contributed by atoms with van der Waals surface area (Å²) >= 11 is 0. The number of esters is 4. The van der Waals surface area contributed by atoms with Crippen molar-refractivity contribution >= 4 is 29.8 Å². The maximum absolute atomic E-state index is 12.1. The molecule has 0 unspecified atom stereocenters. The number of ether oxygens (including phenoxy) is 8. The summed E-state index contributed by atoms with van der Waals surface area (Å²) in [5, 5.41) is 23.5. The second-order valence-corrected chi connectivity index (χ2v) is 9.23. The van der Waals surface area contributed by atoms with Crippen LogP contribution in [0.2, 0.25) is 0 Å². The monoisotopic (exact) mass is 591 g/mol. The fourth-order valence-electron chi connectivity index (χ4n) is 4.38. The molecule has 232 valence electrons. The third-order valence-corrected chi connectivity index (χ3v) is 5.84. The number of hydrogen-bond acceptors (Lipinski definition) is 15. The number of hydrogen-bond donors (Lipinski definition) is 3. The highest BCUT2D eigenvalue weighted by molar-refractivity contribution is 5.73. The molecule has 3 N–H and O–H groups in total. The van der Waals surface area contributed by atoms with Crippen molar-refractivity contribution in [2.75, 3.05) is 19.8 Å². The largest absolute Gasteiger partial charge is 0.463 e. The molecule has 0 spiro atoms. The maximum Gasteiger partial charge on any atom is 0.303 e. The molecule has 0 aromatic heterocycles. The summed E-state index contributed by atoms with van der Waals surface area (Å²) in [6.07, 6.45) is -11.7. The molecule has 0 aliphatic carbocycles. The van der Waals surface area contributed by atoms with E-state index in [0.717, 1.165) is 27.7 Å². The van der Waals surface area contributed by atoms with E-state index < -0.39 is 104 Å². The van der Waals surface area contributed by atoms with Crippen molar-refractivity contribution in [2.45, 2.75) is 96.0 Å². The molecule has 2 heterocycles. The van der Waals surface area contributed by atoms with Crippen molar-refractivity contribution in [1.29, 1.82) is 0 Å². The van der Waals surface area contributed by atoms with Crippen molar-refractivity contribution in [3.8, 4) is 0 Å². The lowest BCUT2D eigenvalue weighted by Crippen LogP contribution is -2.68. The zero-order chi connectivity index (χ0) is 30.9. The van der Waals surface area contributed by atoms with Gasteiger partial charge in [0.05, 0.1) is 13.2 Å². The second-order valence-electron chi connectivity index (χ2n) is 9.23. The summed E-state index contributed by atoms with van der Waals surface area (Å²) in [5.41, 5.74) is 0. The molecule has 2 fully saturated rings. The molecule has 41 heavy (non-hydrogen) atoms.